The van der Waals surface area contributed by atoms with Gasteiger partial charge in [-0.25, -0.2) is 0 Å². The van der Waals surface area contributed by atoms with Crippen molar-refractivity contribution in [2.24, 2.45) is 5.73 Å². The summed E-state index contributed by atoms with van der Waals surface area (Å²) in [4.78, 5) is 17.8. The third kappa shape index (κ3) is 4.34. The summed E-state index contributed by atoms with van der Waals surface area (Å²) in [7, 11) is 0. The molecule has 7 nitrogen and oxygen atoms in total. The first-order valence-electron chi connectivity index (χ1n) is 9.32. The third-order valence-electron chi connectivity index (χ3n) is 5.60. The van der Waals surface area contributed by atoms with Gasteiger partial charge in [0, 0.05) is 56.6 Å². The normalized spacial score (nSPS) is 20.3. The molecule has 2 aliphatic rings. The van der Waals surface area contributed by atoms with Crippen LogP contribution in [0.3, 0.4) is 0 Å². The van der Waals surface area contributed by atoms with Gasteiger partial charge in [0.2, 0.25) is 0 Å². The van der Waals surface area contributed by atoms with Gasteiger partial charge >= 0.3 is 5.97 Å². The Morgan fingerprint density at radius 2 is 1.85 bits per heavy atom. The number of rotatable bonds is 5. The van der Waals surface area contributed by atoms with Crippen LogP contribution >= 0.6 is 0 Å². The first kappa shape index (κ1) is 18.7. The number of aliphatic carboxylic acids is 1. The molecule has 2 saturated heterocycles. The van der Waals surface area contributed by atoms with E-state index in [1.54, 1.807) is 0 Å². The summed E-state index contributed by atoms with van der Waals surface area (Å²) < 4.78 is 0. The lowest BCUT2D eigenvalue weighted by atomic mass is 10.0. The van der Waals surface area contributed by atoms with Crippen molar-refractivity contribution in [2.75, 3.05) is 50.7 Å². The fourth-order valence-corrected chi connectivity index (χ4v) is 4.14. The molecule has 0 atom stereocenters. The molecule has 26 heavy (non-hydrogen) atoms. The minimum absolute atomic E-state index is 0.110. The molecule has 2 fully saturated rings. The van der Waals surface area contributed by atoms with Gasteiger partial charge in [0.25, 0.3) is 0 Å². The summed E-state index contributed by atoms with van der Waals surface area (Å²) >= 11 is 0. The molecule has 1 aromatic rings. The first-order chi connectivity index (χ1) is 12.4. The number of carbonyl (C=O) groups is 1. The highest BCUT2D eigenvalue weighted by atomic mass is 16.4. The molecule has 7 heteroatoms. The van der Waals surface area contributed by atoms with Crippen molar-refractivity contribution >= 4 is 17.5 Å². The lowest BCUT2D eigenvalue weighted by Crippen LogP contribution is -2.53. The van der Waals surface area contributed by atoms with Crippen molar-refractivity contribution in [2.45, 2.75) is 25.8 Å². The zero-order valence-electron chi connectivity index (χ0n) is 15.4. The van der Waals surface area contributed by atoms with Crippen molar-refractivity contribution in [1.29, 1.82) is 5.41 Å². The Morgan fingerprint density at radius 1 is 1.19 bits per heavy atom. The molecular weight excluding hydrogens is 330 g/mol. The van der Waals surface area contributed by atoms with Crippen molar-refractivity contribution in [3.05, 3.63) is 29.3 Å². The van der Waals surface area contributed by atoms with Gasteiger partial charge < -0.3 is 15.7 Å². The molecule has 3 rings (SSSR count). The molecule has 0 amide bonds. The highest BCUT2D eigenvalue weighted by Gasteiger charge is 2.28. The summed E-state index contributed by atoms with van der Waals surface area (Å²) in [6.45, 7) is 8.06. The van der Waals surface area contributed by atoms with Crippen LogP contribution in [0.15, 0.2) is 18.2 Å². The van der Waals surface area contributed by atoms with Gasteiger partial charge in [-0.2, -0.15) is 0 Å². The van der Waals surface area contributed by atoms with Crippen LogP contribution < -0.4 is 10.6 Å². The van der Waals surface area contributed by atoms with Crippen LogP contribution in [0.2, 0.25) is 0 Å². The summed E-state index contributed by atoms with van der Waals surface area (Å²) in [5.74, 6) is -0.623. The molecular formula is C19H29N5O2. The zero-order chi connectivity index (χ0) is 18.7. The monoisotopic (exact) mass is 359 g/mol. The van der Waals surface area contributed by atoms with Gasteiger partial charge in [-0.15, -0.1) is 0 Å². The van der Waals surface area contributed by atoms with E-state index in [1.807, 2.05) is 17.0 Å². The molecule has 2 aliphatic heterocycles. The first-order valence-corrected chi connectivity index (χ1v) is 9.32. The van der Waals surface area contributed by atoms with Gasteiger partial charge in [-0.1, -0.05) is 0 Å². The predicted molar refractivity (Wildman–Crippen MR) is 103 cm³/mol. The number of carboxylic acids is 1. The van der Waals surface area contributed by atoms with Crippen LogP contribution in [0.4, 0.5) is 5.69 Å². The van der Waals surface area contributed by atoms with Crippen LogP contribution in [0.25, 0.3) is 0 Å². The summed E-state index contributed by atoms with van der Waals surface area (Å²) in [6.07, 6.45) is 2.11. The van der Waals surface area contributed by atoms with E-state index in [1.165, 1.54) is 5.69 Å². The molecule has 2 heterocycles. The Bertz CT molecular complexity index is 662. The number of aryl methyl sites for hydroxylation is 1. The second-order valence-electron chi connectivity index (χ2n) is 7.34. The number of anilines is 1. The Balaban J connectivity index is 1.52. The largest absolute Gasteiger partial charge is 0.480 e. The molecule has 4 N–H and O–H groups in total. The van der Waals surface area contributed by atoms with Crippen molar-refractivity contribution in [1.82, 2.24) is 9.80 Å². The Labute approximate surface area is 154 Å². The number of nitrogens with one attached hydrogen (secondary N) is 1. The average Bonchev–Trinajstić information content (AvgIpc) is 2.62. The molecule has 142 valence electrons. The third-order valence-corrected chi connectivity index (χ3v) is 5.60. The van der Waals surface area contributed by atoms with Crippen LogP contribution in [0.1, 0.15) is 24.0 Å². The summed E-state index contributed by atoms with van der Waals surface area (Å²) in [6, 6.07) is 6.56. The number of hydrogen-bond acceptors (Lipinski definition) is 5. The smallest absolute Gasteiger partial charge is 0.317 e. The number of amidine groups is 1. The number of hydrogen-bond donors (Lipinski definition) is 3. The number of nitrogens with two attached hydrogens (primary N) is 1. The van der Waals surface area contributed by atoms with E-state index in [-0.39, 0.29) is 12.4 Å². The zero-order valence-corrected chi connectivity index (χ0v) is 15.4. The Kier molecular flexibility index (Phi) is 5.78. The topological polar surface area (TPSA) is 96.9 Å². The number of benzene rings is 1. The summed E-state index contributed by atoms with van der Waals surface area (Å²) in [5, 5.41) is 16.5. The maximum absolute atomic E-state index is 10.8. The van der Waals surface area contributed by atoms with E-state index >= 15 is 0 Å². The average molecular weight is 359 g/mol. The lowest BCUT2D eigenvalue weighted by Gasteiger charge is -2.43. The van der Waals surface area contributed by atoms with Gasteiger partial charge in [-0.3, -0.25) is 20.0 Å². The fraction of sp³-hybridized carbons (Fsp3) is 0.579. The molecule has 0 radical (unpaired) electrons. The SMILES string of the molecule is Cc1cc(C(=N)N)ccc1N1CCN(C2CCN(CC(=O)O)CC2)CC1. The van der Waals surface area contributed by atoms with Crippen molar-refractivity contribution in [3.63, 3.8) is 0 Å². The quantitative estimate of drug-likeness (QED) is 0.535. The standard InChI is InChI=1S/C19H29N5O2/c1-14-12-15(19(20)21)2-3-17(14)24-10-8-23(9-11-24)16-4-6-22(7-5-16)13-18(25)26/h2-3,12,16H,4-11,13H2,1H3,(H3,20,21)(H,25,26). The number of piperidine rings is 1. The van der Waals surface area contributed by atoms with Gasteiger partial charge in [0.1, 0.15) is 5.84 Å². The predicted octanol–water partition coefficient (Wildman–Crippen LogP) is 0.950. The lowest BCUT2D eigenvalue weighted by molar-refractivity contribution is -0.138. The van der Waals surface area contributed by atoms with E-state index in [0.29, 0.717) is 6.04 Å². The molecule has 0 unspecified atom stereocenters. The highest BCUT2D eigenvalue weighted by Crippen LogP contribution is 2.24. The molecule has 0 spiro atoms. The van der Waals surface area contributed by atoms with Crippen LogP contribution in [0.5, 0.6) is 0 Å². The Morgan fingerprint density at radius 3 is 2.38 bits per heavy atom. The van der Waals surface area contributed by atoms with E-state index in [4.69, 9.17) is 16.2 Å². The number of carboxylic acid groups (broad SMARTS) is 1. The number of likely N-dealkylation sites (tertiary alicyclic amines) is 1. The minimum atomic E-state index is -0.733. The van der Waals surface area contributed by atoms with E-state index in [0.717, 1.165) is 63.2 Å². The van der Waals surface area contributed by atoms with E-state index in [2.05, 4.69) is 22.8 Å². The number of nitrogen functional groups attached to an aromatic ring is 1. The second-order valence-corrected chi connectivity index (χ2v) is 7.34. The maximum atomic E-state index is 10.8. The van der Waals surface area contributed by atoms with E-state index < -0.39 is 5.97 Å². The van der Waals surface area contributed by atoms with Gasteiger partial charge in [0.15, 0.2) is 0 Å². The van der Waals surface area contributed by atoms with Crippen LogP contribution in [0, 0.1) is 12.3 Å². The van der Waals surface area contributed by atoms with Crippen LogP contribution in [-0.4, -0.2) is 78.6 Å². The molecule has 0 aromatic heterocycles. The van der Waals surface area contributed by atoms with Gasteiger partial charge in [0.05, 0.1) is 6.54 Å². The van der Waals surface area contributed by atoms with Gasteiger partial charge in [-0.05, 0) is 43.5 Å². The fourth-order valence-electron chi connectivity index (χ4n) is 4.14. The van der Waals surface area contributed by atoms with Crippen LogP contribution in [-0.2, 0) is 4.79 Å². The second kappa shape index (κ2) is 8.05. The molecule has 0 aliphatic carbocycles. The van der Waals surface area contributed by atoms with Crippen molar-refractivity contribution < 1.29 is 9.90 Å². The minimum Gasteiger partial charge on any atom is -0.480 e. The summed E-state index contributed by atoms with van der Waals surface area (Å²) in [5.41, 5.74) is 8.74. The van der Waals surface area contributed by atoms with Crippen molar-refractivity contribution in [3.8, 4) is 0 Å². The number of nitrogens with zero attached hydrogens (tertiary/aromatic N) is 3. The highest BCUT2D eigenvalue weighted by molar-refractivity contribution is 5.95. The number of piperazine rings is 1. The Hall–Kier alpha value is -2.12. The molecule has 1 aromatic carbocycles. The van der Waals surface area contributed by atoms with E-state index in [9.17, 15) is 4.79 Å². The molecule has 0 bridgehead atoms. The molecule has 0 saturated carbocycles. The maximum Gasteiger partial charge on any atom is 0.317 e.